The number of aliphatic carboxylic acids is 1. The summed E-state index contributed by atoms with van der Waals surface area (Å²) in [5.41, 5.74) is -0.986. The van der Waals surface area contributed by atoms with Gasteiger partial charge in [-0.3, -0.25) is 0 Å². The summed E-state index contributed by atoms with van der Waals surface area (Å²) in [6, 6.07) is 0. The Bertz CT molecular complexity index is 225. The Morgan fingerprint density at radius 1 is 1.29 bits per heavy atom. The summed E-state index contributed by atoms with van der Waals surface area (Å²) in [7, 11) is 0. The molecule has 0 aromatic rings. The van der Waals surface area contributed by atoms with Crippen molar-refractivity contribution in [2.75, 3.05) is 13.2 Å². The van der Waals surface area contributed by atoms with Crippen LogP contribution in [0.4, 0.5) is 0 Å². The second-order valence-electron chi connectivity index (χ2n) is 4.75. The standard InChI is InChI=1S/C12H22O4.Na/c1-3-4-5-6-7-10-15-8-12(2,9-16-10)11(13)14;/h10H,3-9H2,1-2H3,(H,13,14);/q;+1/p-1. The Labute approximate surface area is 125 Å². The second kappa shape index (κ2) is 8.48. The number of carboxylic acid groups (broad SMARTS) is 1. The number of hydrogen-bond acceptors (Lipinski definition) is 4. The molecule has 0 aromatic carbocycles. The summed E-state index contributed by atoms with van der Waals surface area (Å²) >= 11 is 0. The first-order valence-electron chi connectivity index (χ1n) is 6.03. The molecule has 0 aliphatic carbocycles. The molecule has 4 nitrogen and oxygen atoms in total. The zero-order valence-corrected chi connectivity index (χ0v) is 13.2. The van der Waals surface area contributed by atoms with Crippen LogP contribution < -0.4 is 34.7 Å². The molecule has 0 amide bonds. The van der Waals surface area contributed by atoms with Crippen LogP contribution in [-0.4, -0.2) is 25.5 Å². The summed E-state index contributed by atoms with van der Waals surface area (Å²) in [6.45, 7) is 4.14. The molecule has 0 spiro atoms. The van der Waals surface area contributed by atoms with E-state index in [4.69, 9.17) is 9.47 Å². The van der Waals surface area contributed by atoms with E-state index in [1.54, 1.807) is 6.92 Å². The van der Waals surface area contributed by atoms with Gasteiger partial charge >= 0.3 is 29.6 Å². The van der Waals surface area contributed by atoms with Gasteiger partial charge in [0.15, 0.2) is 6.29 Å². The SMILES string of the molecule is CCCCCCC1OCC(C)(C(=O)[O-])CO1.[Na+]. The van der Waals surface area contributed by atoms with E-state index < -0.39 is 11.4 Å². The van der Waals surface area contributed by atoms with Gasteiger partial charge in [-0.1, -0.05) is 26.2 Å². The van der Waals surface area contributed by atoms with Crippen LogP contribution >= 0.6 is 0 Å². The van der Waals surface area contributed by atoms with Crippen LogP contribution in [0.3, 0.4) is 0 Å². The predicted octanol–water partition coefficient (Wildman–Crippen LogP) is -1.91. The number of carbonyl (C=O) groups excluding carboxylic acids is 1. The summed E-state index contributed by atoms with van der Waals surface area (Å²) in [6.07, 6.45) is 5.30. The number of carboxylic acids is 1. The molecule has 0 aromatic heterocycles. The van der Waals surface area contributed by atoms with E-state index in [0.717, 1.165) is 12.8 Å². The molecule has 0 bridgehead atoms. The van der Waals surface area contributed by atoms with Gasteiger partial charge in [0.2, 0.25) is 0 Å². The van der Waals surface area contributed by atoms with Crippen molar-refractivity contribution in [3.8, 4) is 0 Å². The Morgan fingerprint density at radius 2 is 1.88 bits per heavy atom. The number of ether oxygens (including phenoxy) is 2. The van der Waals surface area contributed by atoms with Gasteiger partial charge in [0.25, 0.3) is 0 Å². The molecule has 5 heteroatoms. The molecule has 0 radical (unpaired) electrons. The van der Waals surface area contributed by atoms with Crippen LogP contribution in [0.25, 0.3) is 0 Å². The van der Waals surface area contributed by atoms with E-state index in [0.29, 0.717) is 0 Å². The Balaban J connectivity index is 0.00000256. The average Bonchev–Trinajstić information content (AvgIpc) is 2.27. The minimum atomic E-state index is -1.10. The second-order valence-corrected chi connectivity index (χ2v) is 4.75. The smallest absolute Gasteiger partial charge is 0.549 e. The normalized spacial score (nSPS) is 28.5. The van der Waals surface area contributed by atoms with Gasteiger partial charge in [-0.2, -0.15) is 0 Å². The first-order chi connectivity index (χ1) is 7.58. The molecule has 1 aliphatic heterocycles. The molecule has 17 heavy (non-hydrogen) atoms. The van der Waals surface area contributed by atoms with Gasteiger partial charge in [-0.05, 0) is 19.8 Å². The van der Waals surface area contributed by atoms with Crippen LogP contribution in [0.2, 0.25) is 0 Å². The van der Waals surface area contributed by atoms with Crippen LogP contribution in [-0.2, 0) is 14.3 Å². The summed E-state index contributed by atoms with van der Waals surface area (Å²) in [5.74, 6) is -1.10. The number of hydrogen-bond donors (Lipinski definition) is 0. The minimum Gasteiger partial charge on any atom is -0.549 e. The zero-order chi connectivity index (χ0) is 12.0. The van der Waals surface area contributed by atoms with E-state index in [1.165, 1.54) is 19.3 Å². The van der Waals surface area contributed by atoms with Crippen LogP contribution in [0, 0.1) is 5.41 Å². The van der Waals surface area contributed by atoms with Crippen molar-refractivity contribution in [3.05, 3.63) is 0 Å². The molecule has 0 unspecified atom stereocenters. The molecule has 1 aliphatic rings. The summed E-state index contributed by atoms with van der Waals surface area (Å²) in [5, 5.41) is 10.8. The van der Waals surface area contributed by atoms with Gasteiger partial charge in [0.05, 0.1) is 24.6 Å². The Kier molecular flexibility index (Phi) is 8.68. The van der Waals surface area contributed by atoms with E-state index in [2.05, 4.69) is 6.92 Å². The fourth-order valence-electron chi connectivity index (χ4n) is 1.67. The topological polar surface area (TPSA) is 58.6 Å². The van der Waals surface area contributed by atoms with Gasteiger partial charge in [0.1, 0.15) is 0 Å². The number of unbranched alkanes of at least 4 members (excludes halogenated alkanes) is 3. The number of carbonyl (C=O) groups is 1. The van der Waals surface area contributed by atoms with Crippen molar-refractivity contribution in [1.82, 2.24) is 0 Å². The van der Waals surface area contributed by atoms with Gasteiger partial charge < -0.3 is 19.4 Å². The maximum absolute atomic E-state index is 10.8. The molecule has 0 saturated carbocycles. The third-order valence-corrected chi connectivity index (χ3v) is 2.96. The van der Waals surface area contributed by atoms with Crippen molar-refractivity contribution in [1.29, 1.82) is 0 Å². The van der Waals surface area contributed by atoms with Crippen molar-refractivity contribution in [2.45, 2.75) is 52.2 Å². The van der Waals surface area contributed by atoms with Crippen molar-refractivity contribution in [3.63, 3.8) is 0 Å². The van der Waals surface area contributed by atoms with E-state index >= 15 is 0 Å². The van der Waals surface area contributed by atoms with Gasteiger partial charge in [0, 0.05) is 0 Å². The zero-order valence-electron chi connectivity index (χ0n) is 11.2. The molecular weight excluding hydrogens is 231 g/mol. The molecule has 1 fully saturated rings. The molecule has 1 heterocycles. The quantitative estimate of drug-likeness (QED) is 0.409. The molecule has 1 saturated heterocycles. The molecular formula is C12H21NaO4. The maximum Gasteiger partial charge on any atom is 1.00 e. The van der Waals surface area contributed by atoms with E-state index in [-0.39, 0.29) is 49.1 Å². The average molecular weight is 252 g/mol. The molecule has 1 rings (SSSR count). The van der Waals surface area contributed by atoms with Crippen molar-refractivity contribution >= 4 is 5.97 Å². The minimum absolute atomic E-state index is 0. The first-order valence-corrected chi connectivity index (χ1v) is 6.03. The van der Waals surface area contributed by atoms with E-state index in [1.807, 2.05) is 0 Å². The fourth-order valence-corrected chi connectivity index (χ4v) is 1.67. The predicted molar refractivity (Wildman–Crippen MR) is 57.6 cm³/mol. The Morgan fingerprint density at radius 3 is 2.35 bits per heavy atom. The molecule has 0 N–H and O–H groups in total. The van der Waals surface area contributed by atoms with Crippen LogP contribution in [0.15, 0.2) is 0 Å². The van der Waals surface area contributed by atoms with Crippen LogP contribution in [0.5, 0.6) is 0 Å². The fraction of sp³-hybridized carbons (Fsp3) is 0.917. The molecule has 94 valence electrons. The number of rotatable bonds is 6. The summed E-state index contributed by atoms with van der Waals surface area (Å²) in [4.78, 5) is 10.8. The van der Waals surface area contributed by atoms with Crippen LogP contribution in [0.1, 0.15) is 46.0 Å². The van der Waals surface area contributed by atoms with E-state index in [9.17, 15) is 9.90 Å². The Hall–Kier alpha value is 0.390. The largest absolute Gasteiger partial charge is 1.00 e. The third-order valence-electron chi connectivity index (χ3n) is 2.96. The summed E-state index contributed by atoms with van der Waals surface area (Å²) < 4.78 is 10.8. The van der Waals surface area contributed by atoms with Gasteiger partial charge in [-0.25, -0.2) is 0 Å². The third kappa shape index (κ3) is 5.71. The maximum atomic E-state index is 10.8. The van der Waals surface area contributed by atoms with Gasteiger partial charge in [-0.15, -0.1) is 0 Å². The first kappa shape index (κ1) is 17.4. The monoisotopic (exact) mass is 252 g/mol. The van der Waals surface area contributed by atoms with Crippen molar-refractivity contribution < 1.29 is 48.9 Å². The van der Waals surface area contributed by atoms with Crippen molar-refractivity contribution in [2.24, 2.45) is 5.41 Å². The molecule has 0 atom stereocenters.